The van der Waals surface area contributed by atoms with Gasteiger partial charge in [0.15, 0.2) is 52.0 Å². The van der Waals surface area contributed by atoms with Crippen LogP contribution in [0.5, 0.6) is 51.7 Å². The molecule has 15 heteroatoms. The lowest BCUT2D eigenvalue weighted by molar-refractivity contribution is 0.324. The van der Waals surface area contributed by atoms with Gasteiger partial charge in [-0.3, -0.25) is 0 Å². The highest BCUT2D eigenvalue weighted by atomic mass is 32.1. The number of benzene rings is 3. The number of nitrogens with zero attached hydrogens (tertiary/aromatic N) is 3. The Hall–Kier alpha value is -6.03. The van der Waals surface area contributed by atoms with Crippen LogP contribution < -0.4 is 42.6 Å². The van der Waals surface area contributed by atoms with Crippen LogP contribution in [0.2, 0.25) is 0 Å². The number of ether oxygens (including phenoxy) is 9. The number of thiophene rings is 3. The summed E-state index contributed by atoms with van der Waals surface area (Å²) in [5.74, 6) is 6.54. The Morgan fingerprint density at radius 2 is 0.509 bits per heavy atom. The van der Waals surface area contributed by atoms with E-state index in [1.807, 2.05) is 72.8 Å². The predicted molar refractivity (Wildman–Crippen MR) is 225 cm³/mol. The first-order chi connectivity index (χ1) is 27.8. The van der Waals surface area contributed by atoms with E-state index in [1.165, 1.54) is 0 Å². The lowest BCUT2D eigenvalue weighted by Crippen LogP contribution is -1.97. The third-order valence-electron chi connectivity index (χ3n) is 8.96. The molecule has 0 amide bonds. The van der Waals surface area contributed by atoms with Crippen LogP contribution in [0.3, 0.4) is 0 Å². The normalized spacial score (nSPS) is 10.9. The number of aromatic nitrogens is 3. The topological polar surface area (TPSA) is 122 Å². The fourth-order valence-electron chi connectivity index (χ4n) is 6.22. The highest BCUT2D eigenvalue weighted by Crippen LogP contribution is 2.47. The maximum Gasteiger partial charge on any atom is 0.203 e. The predicted octanol–water partition coefficient (Wildman–Crippen LogP) is 10.1. The minimum Gasteiger partial charge on any atom is -0.493 e. The van der Waals surface area contributed by atoms with Gasteiger partial charge in [-0.2, -0.15) is 0 Å². The molecule has 294 valence electrons. The largest absolute Gasteiger partial charge is 0.493 e. The van der Waals surface area contributed by atoms with E-state index in [9.17, 15) is 0 Å². The summed E-state index contributed by atoms with van der Waals surface area (Å²) >= 11 is 4.65. The molecule has 0 aliphatic carbocycles. The summed E-state index contributed by atoms with van der Waals surface area (Å²) in [5, 5.41) is 0. The van der Waals surface area contributed by atoms with Crippen molar-refractivity contribution in [2.45, 2.75) is 0 Å². The molecule has 7 rings (SSSR count). The lowest BCUT2D eigenvalue weighted by Gasteiger charge is -2.13. The van der Waals surface area contributed by atoms with Crippen LogP contribution in [-0.2, 0) is 0 Å². The van der Waals surface area contributed by atoms with E-state index in [0.29, 0.717) is 69.2 Å². The molecule has 0 unspecified atom stereocenters. The molecule has 0 fully saturated rings. The summed E-state index contributed by atoms with van der Waals surface area (Å²) < 4.78 is 50.5. The van der Waals surface area contributed by atoms with Gasteiger partial charge < -0.3 is 42.6 Å². The second kappa shape index (κ2) is 17.0. The van der Waals surface area contributed by atoms with Gasteiger partial charge in [0, 0.05) is 14.6 Å². The van der Waals surface area contributed by atoms with E-state index in [-0.39, 0.29) is 0 Å². The number of methoxy groups -OCH3 is 9. The molecule has 3 aromatic carbocycles. The maximum atomic E-state index is 5.63. The highest BCUT2D eigenvalue weighted by Gasteiger charge is 2.22. The Morgan fingerprint density at radius 1 is 0.298 bits per heavy atom. The molecule has 0 aliphatic heterocycles. The molecular formula is C42H39N3O9S3. The van der Waals surface area contributed by atoms with Crippen LogP contribution in [0, 0.1) is 0 Å². The molecule has 0 spiro atoms. The minimum absolute atomic E-state index is 0.524. The molecule has 4 heterocycles. The van der Waals surface area contributed by atoms with Gasteiger partial charge in [0.05, 0.1) is 78.6 Å². The molecule has 57 heavy (non-hydrogen) atoms. The summed E-state index contributed by atoms with van der Waals surface area (Å²) in [4.78, 5) is 20.6. The third-order valence-corrected chi connectivity index (χ3v) is 12.4. The molecule has 4 aromatic heterocycles. The van der Waals surface area contributed by atoms with E-state index < -0.39 is 0 Å². The van der Waals surface area contributed by atoms with Crippen molar-refractivity contribution in [2.24, 2.45) is 0 Å². The van der Waals surface area contributed by atoms with Gasteiger partial charge in [-0.15, -0.1) is 34.0 Å². The van der Waals surface area contributed by atoms with Gasteiger partial charge in [-0.05, 0) is 89.5 Å². The highest BCUT2D eigenvalue weighted by molar-refractivity contribution is 7.19. The summed E-state index contributed by atoms with van der Waals surface area (Å²) in [6, 6.07) is 23.7. The summed E-state index contributed by atoms with van der Waals surface area (Å²) in [7, 11) is 14.4. The van der Waals surface area contributed by atoms with Crippen LogP contribution in [-0.4, -0.2) is 78.9 Å². The summed E-state index contributed by atoms with van der Waals surface area (Å²) in [5.41, 5.74) is 2.70. The van der Waals surface area contributed by atoms with E-state index in [0.717, 1.165) is 46.0 Å². The van der Waals surface area contributed by atoms with Crippen molar-refractivity contribution in [3.63, 3.8) is 0 Å². The first-order valence-electron chi connectivity index (χ1n) is 17.3. The van der Waals surface area contributed by atoms with Crippen molar-refractivity contribution < 1.29 is 42.6 Å². The molecule has 12 nitrogen and oxygen atoms in total. The zero-order valence-electron chi connectivity index (χ0n) is 32.7. The Kier molecular flexibility index (Phi) is 11.7. The molecule has 0 aliphatic rings. The van der Waals surface area contributed by atoms with Gasteiger partial charge in [0.2, 0.25) is 17.2 Å². The molecule has 0 saturated heterocycles. The average Bonchev–Trinajstić information content (AvgIpc) is 4.07. The monoisotopic (exact) mass is 825 g/mol. The second-order valence-corrected chi connectivity index (χ2v) is 15.3. The van der Waals surface area contributed by atoms with Crippen molar-refractivity contribution in [3.05, 3.63) is 72.8 Å². The van der Waals surface area contributed by atoms with Crippen LogP contribution in [0.15, 0.2) is 72.8 Å². The fourth-order valence-corrected chi connectivity index (χ4v) is 9.00. The lowest BCUT2D eigenvalue weighted by atomic mass is 10.1. The molecule has 7 aromatic rings. The average molecular weight is 826 g/mol. The van der Waals surface area contributed by atoms with Gasteiger partial charge >= 0.3 is 0 Å². The Bertz CT molecular complexity index is 2180. The zero-order valence-corrected chi connectivity index (χ0v) is 35.1. The second-order valence-electron chi connectivity index (χ2n) is 12.0. The number of hydrogen-bond acceptors (Lipinski definition) is 15. The van der Waals surface area contributed by atoms with Gasteiger partial charge in [0.25, 0.3) is 0 Å². The summed E-state index contributed by atoms with van der Waals surface area (Å²) in [6.45, 7) is 0. The SMILES string of the molecule is COc1cc(-c2ccc(-c3nc(-c4ccc(-c5cc(OC)c(OC)c(OC)c5)s4)nc(-c4ccc(-c5cc(OC)c(OC)c(OC)c5)s4)n3)s2)cc(OC)c1OC. The van der Waals surface area contributed by atoms with Crippen molar-refractivity contribution >= 4 is 34.0 Å². The Balaban J connectivity index is 1.34. The van der Waals surface area contributed by atoms with Crippen LogP contribution in [0.1, 0.15) is 0 Å². The van der Waals surface area contributed by atoms with Crippen LogP contribution >= 0.6 is 34.0 Å². The zero-order chi connectivity index (χ0) is 40.2. The Morgan fingerprint density at radius 3 is 0.702 bits per heavy atom. The molecule has 0 radical (unpaired) electrons. The Labute approximate surface area is 342 Å². The number of rotatable bonds is 15. The fraction of sp³-hybridized carbons (Fsp3) is 0.214. The van der Waals surface area contributed by atoms with Crippen molar-refractivity contribution in [1.29, 1.82) is 0 Å². The first-order valence-corrected chi connectivity index (χ1v) is 19.7. The summed E-state index contributed by atoms with van der Waals surface area (Å²) in [6.07, 6.45) is 0. The molecule has 0 saturated carbocycles. The molecule has 0 N–H and O–H groups in total. The van der Waals surface area contributed by atoms with Crippen LogP contribution in [0.4, 0.5) is 0 Å². The molecule has 0 bridgehead atoms. The standard InChI is InChI=1S/C42H39N3O9S3/c1-46-25-16-22(17-26(47-2)37(25)52-7)31-10-13-34(55-31)40-43-41(35-14-11-32(56-35)23-18-27(48-3)38(53-8)28(19-23)49-4)45-42(44-40)36-15-12-33(57-36)24-20-29(50-5)39(54-9)30(21-24)51-6/h10-21H,1-9H3. The van der Waals surface area contributed by atoms with E-state index in [1.54, 1.807) is 98.0 Å². The molecular weight excluding hydrogens is 787 g/mol. The van der Waals surface area contributed by atoms with Crippen molar-refractivity contribution in [1.82, 2.24) is 15.0 Å². The van der Waals surface area contributed by atoms with Crippen molar-refractivity contribution in [2.75, 3.05) is 64.0 Å². The quantitative estimate of drug-likeness (QED) is 0.0978. The van der Waals surface area contributed by atoms with E-state index >= 15 is 0 Å². The third kappa shape index (κ3) is 7.60. The minimum atomic E-state index is 0.524. The van der Waals surface area contributed by atoms with Gasteiger partial charge in [0.1, 0.15) is 0 Å². The maximum absolute atomic E-state index is 5.63. The first kappa shape index (κ1) is 39.2. The molecule has 0 atom stereocenters. The van der Waals surface area contributed by atoms with Crippen LogP contribution in [0.25, 0.3) is 63.4 Å². The van der Waals surface area contributed by atoms with Crippen molar-refractivity contribution in [3.8, 4) is 115 Å². The van der Waals surface area contributed by atoms with E-state index in [2.05, 4.69) is 0 Å². The van der Waals surface area contributed by atoms with Gasteiger partial charge in [-0.25, -0.2) is 15.0 Å². The smallest absolute Gasteiger partial charge is 0.203 e. The van der Waals surface area contributed by atoms with E-state index in [4.69, 9.17) is 57.6 Å². The van der Waals surface area contributed by atoms with Gasteiger partial charge in [-0.1, -0.05) is 0 Å². The number of hydrogen-bond donors (Lipinski definition) is 0.